The van der Waals surface area contributed by atoms with E-state index < -0.39 is 0 Å². The van der Waals surface area contributed by atoms with Crippen LogP contribution in [0.4, 0.5) is 0 Å². The van der Waals surface area contributed by atoms with Gasteiger partial charge >= 0.3 is 5.97 Å². The molecule has 2 nitrogen and oxygen atoms in total. The molecule has 0 aliphatic heterocycles. The molecule has 2 rings (SSSR count). The molecule has 0 saturated heterocycles. The molecule has 0 spiro atoms. The molecule has 0 atom stereocenters. The molecule has 0 radical (unpaired) electrons. The summed E-state index contributed by atoms with van der Waals surface area (Å²) >= 11 is 0. The molecule has 2 aromatic rings. The summed E-state index contributed by atoms with van der Waals surface area (Å²) < 4.78 is 5.32. The number of esters is 1. The Morgan fingerprint density at radius 1 is 0.947 bits per heavy atom. The fourth-order valence-corrected chi connectivity index (χ4v) is 1.78. The number of hydrogen-bond acceptors (Lipinski definition) is 2. The van der Waals surface area contributed by atoms with Gasteiger partial charge in [0, 0.05) is 0 Å². The Balaban J connectivity index is 2.09. The van der Waals surface area contributed by atoms with Crippen molar-refractivity contribution in [1.82, 2.24) is 0 Å². The zero-order valence-corrected chi connectivity index (χ0v) is 11.5. The Labute approximate surface area is 114 Å². The predicted molar refractivity (Wildman–Crippen MR) is 76.7 cm³/mol. The molecule has 0 aliphatic rings. The lowest BCUT2D eigenvalue weighted by Crippen LogP contribution is -2.08. The highest BCUT2D eigenvalue weighted by Crippen LogP contribution is 2.17. The number of hydrogen-bond donors (Lipinski definition) is 0. The van der Waals surface area contributed by atoms with Crippen molar-refractivity contribution in [3.63, 3.8) is 0 Å². The first-order valence-electron chi connectivity index (χ1n) is 6.45. The zero-order valence-electron chi connectivity index (χ0n) is 11.5. The van der Waals surface area contributed by atoms with Crippen molar-refractivity contribution in [2.45, 2.75) is 26.7 Å². The van der Waals surface area contributed by atoms with Crippen molar-refractivity contribution in [2.24, 2.45) is 0 Å². The number of carbonyl (C=O) groups excluding carboxylic acids is 1. The van der Waals surface area contributed by atoms with E-state index in [1.165, 1.54) is 5.56 Å². The number of ether oxygens (including phenoxy) is 1. The first kappa shape index (κ1) is 13.3. The lowest BCUT2D eigenvalue weighted by atomic mass is 10.0. The van der Waals surface area contributed by atoms with Gasteiger partial charge in [-0.1, -0.05) is 43.7 Å². The minimum Gasteiger partial charge on any atom is -0.423 e. The monoisotopic (exact) mass is 254 g/mol. The van der Waals surface area contributed by atoms with Crippen LogP contribution >= 0.6 is 0 Å². The third kappa shape index (κ3) is 3.44. The van der Waals surface area contributed by atoms with E-state index in [-0.39, 0.29) is 5.97 Å². The van der Waals surface area contributed by atoms with Crippen LogP contribution in [0, 0.1) is 6.92 Å². The molecular weight excluding hydrogens is 236 g/mol. The highest BCUT2D eigenvalue weighted by Gasteiger charge is 2.09. The Bertz CT molecular complexity index is 551. The maximum absolute atomic E-state index is 12.0. The summed E-state index contributed by atoms with van der Waals surface area (Å²) in [5, 5.41) is 0. The second-order valence-electron chi connectivity index (χ2n) is 4.98. The van der Waals surface area contributed by atoms with Crippen molar-refractivity contribution in [3.8, 4) is 5.75 Å². The molecule has 0 heterocycles. The van der Waals surface area contributed by atoms with Crippen LogP contribution in [-0.4, -0.2) is 5.97 Å². The highest BCUT2D eigenvalue weighted by molar-refractivity contribution is 5.91. The summed E-state index contributed by atoms with van der Waals surface area (Å²) in [4.78, 5) is 12.0. The summed E-state index contributed by atoms with van der Waals surface area (Å²) in [6.45, 7) is 6.25. The second kappa shape index (κ2) is 5.70. The van der Waals surface area contributed by atoms with Gasteiger partial charge in [0.2, 0.25) is 0 Å². The molecule has 0 amide bonds. The summed E-state index contributed by atoms with van der Waals surface area (Å²) in [7, 11) is 0. The van der Waals surface area contributed by atoms with Gasteiger partial charge in [0.25, 0.3) is 0 Å². The first-order chi connectivity index (χ1) is 9.06. The minimum absolute atomic E-state index is 0.320. The van der Waals surface area contributed by atoms with Gasteiger partial charge in [-0.2, -0.15) is 0 Å². The molecule has 0 N–H and O–H groups in total. The largest absolute Gasteiger partial charge is 0.423 e. The maximum Gasteiger partial charge on any atom is 0.343 e. The summed E-state index contributed by atoms with van der Waals surface area (Å²) in [5.41, 5.74) is 2.93. The van der Waals surface area contributed by atoms with Crippen LogP contribution in [0.25, 0.3) is 0 Å². The Morgan fingerprint density at radius 3 is 2.05 bits per heavy atom. The molecule has 0 bridgehead atoms. The van der Waals surface area contributed by atoms with Crippen molar-refractivity contribution in [2.75, 3.05) is 0 Å². The summed E-state index contributed by atoms with van der Waals surface area (Å²) in [6.07, 6.45) is 0. The Hall–Kier alpha value is -2.09. The molecule has 98 valence electrons. The topological polar surface area (TPSA) is 26.3 Å². The van der Waals surface area contributed by atoms with Crippen molar-refractivity contribution >= 4 is 5.97 Å². The zero-order chi connectivity index (χ0) is 13.8. The van der Waals surface area contributed by atoms with Gasteiger partial charge in [-0.05, 0) is 42.7 Å². The van der Waals surface area contributed by atoms with E-state index in [0.29, 0.717) is 17.2 Å². The minimum atomic E-state index is -0.320. The molecule has 0 saturated carbocycles. The fraction of sp³-hybridized carbons (Fsp3) is 0.235. The van der Waals surface area contributed by atoms with Gasteiger partial charge in [0.05, 0.1) is 5.56 Å². The number of aryl methyl sites for hydroxylation is 1. The van der Waals surface area contributed by atoms with Gasteiger partial charge in [0.15, 0.2) is 0 Å². The van der Waals surface area contributed by atoms with E-state index in [1.54, 1.807) is 12.1 Å². The molecule has 0 fully saturated rings. The van der Waals surface area contributed by atoms with Crippen molar-refractivity contribution in [1.29, 1.82) is 0 Å². The molecule has 2 heteroatoms. The maximum atomic E-state index is 12.0. The van der Waals surface area contributed by atoms with Crippen LogP contribution in [0.3, 0.4) is 0 Å². The molecule has 0 aliphatic carbocycles. The lowest BCUT2D eigenvalue weighted by Gasteiger charge is -2.07. The van der Waals surface area contributed by atoms with E-state index in [1.807, 2.05) is 43.3 Å². The normalized spacial score (nSPS) is 10.5. The van der Waals surface area contributed by atoms with Gasteiger partial charge < -0.3 is 4.74 Å². The highest BCUT2D eigenvalue weighted by atomic mass is 16.5. The standard InChI is InChI=1S/C17H18O2/c1-12(2)14-6-8-15(9-7-14)17(18)19-16-10-4-13(3)5-11-16/h4-12H,1-3H3. The Morgan fingerprint density at radius 2 is 1.53 bits per heavy atom. The van der Waals surface area contributed by atoms with Gasteiger partial charge in [0.1, 0.15) is 5.75 Å². The smallest absolute Gasteiger partial charge is 0.343 e. The fourth-order valence-electron chi connectivity index (χ4n) is 1.78. The van der Waals surface area contributed by atoms with Crippen LogP contribution in [0.15, 0.2) is 48.5 Å². The van der Waals surface area contributed by atoms with Gasteiger partial charge in [-0.25, -0.2) is 4.79 Å². The average Bonchev–Trinajstić information content (AvgIpc) is 2.41. The van der Waals surface area contributed by atoms with Crippen LogP contribution in [0.1, 0.15) is 41.3 Å². The van der Waals surface area contributed by atoms with Crippen LogP contribution in [0.2, 0.25) is 0 Å². The molecular formula is C17H18O2. The summed E-state index contributed by atoms with van der Waals surface area (Å²) in [6, 6.07) is 15.0. The van der Waals surface area contributed by atoms with Crippen LogP contribution < -0.4 is 4.74 Å². The lowest BCUT2D eigenvalue weighted by molar-refractivity contribution is 0.0734. The molecule has 2 aromatic carbocycles. The first-order valence-corrected chi connectivity index (χ1v) is 6.45. The third-order valence-corrected chi connectivity index (χ3v) is 3.04. The van der Waals surface area contributed by atoms with Crippen molar-refractivity contribution in [3.05, 3.63) is 65.2 Å². The number of carbonyl (C=O) groups is 1. The number of rotatable bonds is 3. The van der Waals surface area contributed by atoms with E-state index in [4.69, 9.17) is 4.74 Å². The molecule has 0 unspecified atom stereocenters. The van der Waals surface area contributed by atoms with Crippen LogP contribution in [-0.2, 0) is 0 Å². The quantitative estimate of drug-likeness (QED) is 0.601. The molecule has 0 aromatic heterocycles. The van der Waals surface area contributed by atoms with Crippen molar-refractivity contribution < 1.29 is 9.53 Å². The number of benzene rings is 2. The predicted octanol–water partition coefficient (Wildman–Crippen LogP) is 4.34. The van der Waals surface area contributed by atoms with Gasteiger partial charge in [-0.15, -0.1) is 0 Å². The van der Waals surface area contributed by atoms with E-state index in [2.05, 4.69) is 13.8 Å². The van der Waals surface area contributed by atoms with Gasteiger partial charge in [-0.3, -0.25) is 0 Å². The average molecular weight is 254 g/mol. The van der Waals surface area contributed by atoms with E-state index in [0.717, 1.165) is 5.56 Å². The van der Waals surface area contributed by atoms with Crippen LogP contribution in [0.5, 0.6) is 5.75 Å². The Kier molecular flexibility index (Phi) is 4.00. The summed E-state index contributed by atoms with van der Waals surface area (Å²) in [5.74, 6) is 0.713. The van der Waals surface area contributed by atoms with E-state index in [9.17, 15) is 4.79 Å². The van der Waals surface area contributed by atoms with E-state index >= 15 is 0 Å². The second-order valence-corrected chi connectivity index (χ2v) is 4.98. The SMILES string of the molecule is Cc1ccc(OC(=O)c2ccc(C(C)C)cc2)cc1. The molecule has 19 heavy (non-hydrogen) atoms. The third-order valence-electron chi connectivity index (χ3n) is 3.04.